The molecule has 0 radical (unpaired) electrons. The number of hydrogen-bond donors (Lipinski definition) is 3. The number of rotatable bonds is 9. The third-order valence-corrected chi connectivity index (χ3v) is 3.64. The Hall–Kier alpha value is -0.160. The molecular formula is C15H33NO3. The minimum Gasteiger partial charge on any atom is -0.392 e. The van der Waals surface area contributed by atoms with Gasteiger partial charge < -0.3 is 15.3 Å². The molecule has 0 saturated carbocycles. The zero-order valence-electron chi connectivity index (χ0n) is 13.4. The van der Waals surface area contributed by atoms with Crippen molar-refractivity contribution in [2.45, 2.75) is 59.9 Å². The van der Waals surface area contributed by atoms with Gasteiger partial charge >= 0.3 is 0 Å². The first-order valence-corrected chi connectivity index (χ1v) is 7.41. The van der Waals surface area contributed by atoms with E-state index in [0.717, 1.165) is 0 Å². The number of aliphatic hydroxyl groups is 3. The lowest BCUT2D eigenvalue weighted by atomic mass is 10.0. The van der Waals surface area contributed by atoms with E-state index in [0.29, 0.717) is 19.6 Å². The lowest BCUT2D eigenvalue weighted by Crippen LogP contribution is -2.45. The summed E-state index contributed by atoms with van der Waals surface area (Å²) in [5.74, 6) is 0.527. The molecule has 0 aromatic rings. The second-order valence-electron chi connectivity index (χ2n) is 6.65. The van der Waals surface area contributed by atoms with Gasteiger partial charge in [0.25, 0.3) is 0 Å². The topological polar surface area (TPSA) is 63.9 Å². The quantitative estimate of drug-likeness (QED) is 0.594. The van der Waals surface area contributed by atoms with Gasteiger partial charge in [0.2, 0.25) is 0 Å². The molecule has 0 aliphatic heterocycles. The molecule has 0 saturated heterocycles. The average molecular weight is 275 g/mol. The molecule has 0 aromatic carbocycles. The van der Waals surface area contributed by atoms with Gasteiger partial charge in [0, 0.05) is 19.6 Å². The normalized spacial score (nSPS) is 17.5. The number of hydrogen-bond acceptors (Lipinski definition) is 4. The highest BCUT2D eigenvalue weighted by Gasteiger charge is 2.22. The Balaban J connectivity index is 4.54. The SMILES string of the molecule is CC(C)C(O)CN(CC(O)C(C)C)CC(O)C(C)C. The zero-order valence-corrected chi connectivity index (χ0v) is 13.4. The molecule has 116 valence electrons. The summed E-state index contributed by atoms with van der Waals surface area (Å²) in [5, 5.41) is 30.0. The van der Waals surface area contributed by atoms with Crippen molar-refractivity contribution in [1.82, 2.24) is 4.90 Å². The van der Waals surface area contributed by atoms with Crippen molar-refractivity contribution < 1.29 is 15.3 Å². The molecule has 4 heteroatoms. The second kappa shape index (κ2) is 8.90. The minimum atomic E-state index is -0.432. The zero-order chi connectivity index (χ0) is 15.2. The summed E-state index contributed by atoms with van der Waals surface area (Å²) in [4.78, 5) is 1.97. The van der Waals surface area contributed by atoms with Gasteiger partial charge in [0.05, 0.1) is 18.3 Å². The van der Waals surface area contributed by atoms with E-state index in [1.54, 1.807) is 0 Å². The fourth-order valence-electron chi connectivity index (χ4n) is 1.65. The van der Waals surface area contributed by atoms with Crippen LogP contribution in [0, 0.1) is 17.8 Å². The van der Waals surface area contributed by atoms with Crippen LogP contribution in [0.1, 0.15) is 41.5 Å². The van der Waals surface area contributed by atoms with Crippen LogP contribution >= 0.6 is 0 Å². The average Bonchev–Trinajstić information content (AvgIpc) is 2.27. The van der Waals surface area contributed by atoms with Gasteiger partial charge in [-0.1, -0.05) is 41.5 Å². The van der Waals surface area contributed by atoms with E-state index in [9.17, 15) is 15.3 Å². The highest BCUT2D eigenvalue weighted by molar-refractivity contribution is 4.75. The highest BCUT2D eigenvalue weighted by atomic mass is 16.3. The Morgan fingerprint density at radius 1 is 0.579 bits per heavy atom. The Bertz CT molecular complexity index is 193. The summed E-state index contributed by atoms with van der Waals surface area (Å²) in [7, 11) is 0. The van der Waals surface area contributed by atoms with Crippen LogP contribution in [0.3, 0.4) is 0 Å². The highest BCUT2D eigenvalue weighted by Crippen LogP contribution is 2.11. The largest absolute Gasteiger partial charge is 0.392 e. The third-order valence-electron chi connectivity index (χ3n) is 3.64. The summed E-state index contributed by atoms with van der Waals surface area (Å²) in [5.41, 5.74) is 0. The fourth-order valence-corrected chi connectivity index (χ4v) is 1.65. The summed E-state index contributed by atoms with van der Waals surface area (Å²) < 4.78 is 0. The summed E-state index contributed by atoms with van der Waals surface area (Å²) in [6.45, 7) is 13.3. The van der Waals surface area contributed by atoms with Crippen molar-refractivity contribution in [3.05, 3.63) is 0 Å². The van der Waals surface area contributed by atoms with E-state index in [-0.39, 0.29) is 17.8 Å². The van der Waals surface area contributed by atoms with Crippen molar-refractivity contribution in [2.24, 2.45) is 17.8 Å². The first kappa shape index (κ1) is 18.8. The molecule has 0 bridgehead atoms. The standard InChI is InChI=1S/C15H33NO3/c1-10(2)13(17)7-16(8-14(18)11(3)4)9-15(19)12(5)6/h10-15,17-19H,7-9H2,1-6H3. The molecule has 0 aliphatic carbocycles. The second-order valence-corrected chi connectivity index (χ2v) is 6.65. The Morgan fingerprint density at radius 2 is 0.789 bits per heavy atom. The van der Waals surface area contributed by atoms with Crippen molar-refractivity contribution >= 4 is 0 Å². The molecule has 0 spiro atoms. The van der Waals surface area contributed by atoms with Gasteiger partial charge in [-0.3, -0.25) is 4.90 Å². The van der Waals surface area contributed by atoms with E-state index < -0.39 is 18.3 Å². The van der Waals surface area contributed by atoms with Crippen LogP contribution in [0.25, 0.3) is 0 Å². The molecule has 0 heterocycles. The lowest BCUT2D eigenvalue weighted by molar-refractivity contribution is 0.00433. The van der Waals surface area contributed by atoms with Crippen LogP contribution < -0.4 is 0 Å². The van der Waals surface area contributed by atoms with E-state index in [4.69, 9.17) is 0 Å². The summed E-state index contributed by atoms with van der Waals surface area (Å²) in [6.07, 6.45) is -1.30. The molecule has 4 nitrogen and oxygen atoms in total. The van der Waals surface area contributed by atoms with Gasteiger partial charge in [0.1, 0.15) is 0 Å². The van der Waals surface area contributed by atoms with Crippen molar-refractivity contribution in [3.8, 4) is 0 Å². The van der Waals surface area contributed by atoms with E-state index in [1.165, 1.54) is 0 Å². The molecule has 3 unspecified atom stereocenters. The first-order chi connectivity index (χ1) is 8.65. The first-order valence-electron chi connectivity index (χ1n) is 7.41. The van der Waals surface area contributed by atoms with Gasteiger partial charge in [0.15, 0.2) is 0 Å². The fraction of sp³-hybridized carbons (Fsp3) is 1.00. The van der Waals surface area contributed by atoms with Crippen molar-refractivity contribution in [1.29, 1.82) is 0 Å². The van der Waals surface area contributed by atoms with Crippen molar-refractivity contribution in [2.75, 3.05) is 19.6 Å². The Labute approximate surface area is 118 Å². The predicted octanol–water partition coefficient (Wildman–Crippen LogP) is 1.34. The molecule has 0 aliphatic rings. The molecule has 0 rings (SSSR count). The molecule has 3 N–H and O–H groups in total. The van der Waals surface area contributed by atoms with Crippen LogP contribution in [0.15, 0.2) is 0 Å². The maximum Gasteiger partial charge on any atom is 0.0690 e. The Kier molecular flexibility index (Phi) is 8.83. The molecule has 19 heavy (non-hydrogen) atoms. The summed E-state index contributed by atoms with van der Waals surface area (Å²) in [6, 6.07) is 0. The van der Waals surface area contributed by atoms with Crippen molar-refractivity contribution in [3.63, 3.8) is 0 Å². The Morgan fingerprint density at radius 3 is 0.947 bits per heavy atom. The molecule has 0 fully saturated rings. The molecule has 0 amide bonds. The van der Waals surface area contributed by atoms with Gasteiger partial charge in [-0.25, -0.2) is 0 Å². The minimum absolute atomic E-state index is 0.176. The predicted molar refractivity (Wildman–Crippen MR) is 79.0 cm³/mol. The van der Waals surface area contributed by atoms with Gasteiger partial charge in [-0.15, -0.1) is 0 Å². The smallest absolute Gasteiger partial charge is 0.0690 e. The number of nitrogens with zero attached hydrogens (tertiary/aromatic N) is 1. The molecule has 0 aromatic heterocycles. The van der Waals surface area contributed by atoms with Crippen LogP contribution in [0.5, 0.6) is 0 Å². The monoisotopic (exact) mass is 275 g/mol. The third kappa shape index (κ3) is 7.88. The van der Waals surface area contributed by atoms with Crippen LogP contribution in [0.4, 0.5) is 0 Å². The molecule has 3 atom stereocenters. The van der Waals surface area contributed by atoms with Gasteiger partial charge in [-0.05, 0) is 17.8 Å². The van der Waals surface area contributed by atoms with Gasteiger partial charge in [-0.2, -0.15) is 0 Å². The molecular weight excluding hydrogens is 242 g/mol. The van der Waals surface area contributed by atoms with Crippen LogP contribution in [-0.2, 0) is 0 Å². The maximum atomic E-state index is 9.99. The van der Waals surface area contributed by atoms with E-state index in [1.807, 2.05) is 46.4 Å². The van der Waals surface area contributed by atoms with E-state index >= 15 is 0 Å². The maximum absolute atomic E-state index is 9.99. The summed E-state index contributed by atoms with van der Waals surface area (Å²) >= 11 is 0. The number of aliphatic hydroxyl groups excluding tert-OH is 3. The lowest BCUT2D eigenvalue weighted by Gasteiger charge is -2.32. The van der Waals surface area contributed by atoms with Crippen LogP contribution in [0.2, 0.25) is 0 Å². The van der Waals surface area contributed by atoms with Crippen LogP contribution in [-0.4, -0.2) is 58.2 Å². The van der Waals surface area contributed by atoms with E-state index in [2.05, 4.69) is 0 Å².